The van der Waals surface area contributed by atoms with Crippen LogP contribution in [0.25, 0.3) is 6.08 Å². The fraction of sp³-hybridized carbons (Fsp3) is 0.0588. The summed E-state index contributed by atoms with van der Waals surface area (Å²) in [6, 6.07) is 8.47. The molecule has 134 valence electrons. The van der Waals surface area contributed by atoms with Gasteiger partial charge in [0.25, 0.3) is 5.91 Å². The van der Waals surface area contributed by atoms with Crippen LogP contribution < -0.4 is 10.2 Å². The number of carbonyl (C=O) groups excluding carboxylic acids is 1. The minimum atomic E-state index is -4.65. The number of rotatable bonds is 2. The zero-order valence-corrected chi connectivity index (χ0v) is 14.3. The number of carbonyl (C=O) groups is 1. The summed E-state index contributed by atoms with van der Waals surface area (Å²) in [7, 11) is 0. The summed E-state index contributed by atoms with van der Waals surface area (Å²) in [6.07, 6.45) is -3.37. The summed E-state index contributed by atoms with van der Waals surface area (Å²) in [5, 5.41) is 2.27. The van der Waals surface area contributed by atoms with Gasteiger partial charge in [-0.15, -0.1) is 0 Å². The first-order chi connectivity index (χ1) is 12.2. The Labute approximate surface area is 155 Å². The second-order valence-corrected chi connectivity index (χ2v) is 6.11. The molecule has 1 aliphatic heterocycles. The maximum atomic E-state index is 13.5. The van der Waals surface area contributed by atoms with E-state index in [4.69, 9.17) is 23.8 Å². The van der Waals surface area contributed by atoms with Gasteiger partial charge in [-0.2, -0.15) is 13.2 Å². The first-order valence-electron chi connectivity index (χ1n) is 7.17. The normalized spacial score (nSPS) is 16.3. The van der Waals surface area contributed by atoms with Gasteiger partial charge in [0.2, 0.25) is 0 Å². The molecule has 0 bridgehead atoms. The first kappa shape index (κ1) is 18.3. The van der Waals surface area contributed by atoms with E-state index >= 15 is 0 Å². The Balaban J connectivity index is 2.00. The van der Waals surface area contributed by atoms with Crippen molar-refractivity contribution in [2.45, 2.75) is 6.18 Å². The Bertz CT molecular complexity index is 943. The molecule has 0 saturated carbocycles. The quantitative estimate of drug-likeness (QED) is 0.448. The molecular weight excluding hydrogens is 392 g/mol. The monoisotopic (exact) mass is 400 g/mol. The van der Waals surface area contributed by atoms with Gasteiger partial charge in [-0.1, -0.05) is 29.8 Å². The Morgan fingerprint density at radius 2 is 1.85 bits per heavy atom. The van der Waals surface area contributed by atoms with Crippen molar-refractivity contribution in [2.24, 2.45) is 0 Å². The van der Waals surface area contributed by atoms with E-state index in [2.05, 4.69) is 5.32 Å². The first-order valence-corrected chi connectivity index (χ1v) is 7.95. The predicted molar refractivity (Wildman–Crippen MR) is 94.1 cm³/mol. The summed E-state index contributed by atoms with van der Waals surface area (Å²) in [4.78, 5) is 13.3. The summed E-state index contributed by atoms with van der Waals surface area (Å²) in [5.41, 5.74) is -1.14. The number of anilines is 1. The number of hydrogen-bond donors (Lipinski definition) is 1. The van der Waals surface area contributed by atoms with Crippen LogP contribution in [0.15, 0.2) is 48.2 Å². The van der Waals surface area contributed by atoms with Gasteiger partial charge in [-0.25, -0.2) is 4.39 Å². The molecule has 1 amide bonds. The lowest BCUT2D eigenvalue weighted by Gasteiger charge is -2.19. The van der Waals surface area contributed by atoms with Crippen molar-refractivity contribution < 1.29 is 22.4 Å². The number of para-hydroxylation sites is 1. The van der Waals surface area contributed by atoms with Gasteiger partial charge in [0, 0.05) is 0 Å². The molecule has 0 aromatic heterocycles. The molecular formula is C17H9ClF4N2OS. The fourth-order valence-corrected chi connectivity index (χ4v) is 2.84. The van der Waals surface area contributed by atoms with Crippen molar-refractivity contribution in [3.63, 3.8) is 0 Å². The number of benzene rings is 2. The number of hydrogen-bond acceptors (Lipinski definition) is 2. The molecule has 0 spiro atoms. The molecule has 0 atom stereocenters. The van der Waals surface area contributed by atoms with Crippen molar-refractivity contribution >= 4 is 46.6 Å². The zero-order chi connectivity index (χ0) is 19.1. The molecule has 26 heavy (non-hydrogen) atoms. The van der Waals surface area contributed by atoms with Gasteiger partial charge in [-0.3, -0.25) is 9.69 Å². The number of nitrogens with zero attached hydrogens (tertiary/aromatic N) is 1. The van der Waals surface area contributed by atoms with Crippen LogP contribution in [0.1, 0.15) is 11.1 Å². The van der Waals surface area contributed by atoms with Crippen LogP contribution in [0.2, 0.25) is 5.02 Å². The second-order valence-electron chi connectivity index (χ2n) is 5.32. The van der Waals surface area contributed by atoms with Crippen LogP contribution >= 0.6 is 23.8 Å². The van der Waals surface area contributed by atoms with Gasteiger partial charge < -0.3 is 5.32 Å². The van der Waals surface area contributed by atoms with Crippen molar-refractivity contribution in [1.82, 2.24) is 5.32 Å². The SMILES string of the molecule is O=C1/C(=C\c2ccc(Cl)c(F)c2)NC(=S)N1c1ccccc1C(F)(F)F. The largest absolute Gasteiger partial charge is 0.418 e. The third-order valence-electron chi connectivity index (χ3n) is 3.58. The van der Waals surface area contributed by atoms with Gasteiger partial charge in [-0.05, 0) is 48.1 Å². The molecule has 2 aromatic rings. The highest BCUT2D eigenvalue weighted by atomic mass is 35.5. The molecule has 9 heteroatoms. The highest BCUT2D eigenvalue weighted by Crippen LogP contribution is 2.37. The average molecular weight is 401 g/mol. The number of alkyl halides is 3. The number of thiocarbonyl (C=S) groups is 1. The van der Waals surface area contributed by atoms with Gasteiger partial charge in [0.15, 0.2) is 5.11 Å². The van der Waals surface area contributed by atoms with Crippen molar-refractivity contribution in [3.8, 4) is 0 Å². The smallest absolute Gasteiger partial charge is 0.327 e. The van der Waals surface area contributed by atoms with Crippen molar-refractivity contribution in [3.05, 3.63) is 70.1 Å². The van der Waals surface area contributed by atoms with Crippen LogP contribution in [0, 0.1) is 5.82 Å². The maximum Gasteiger partial charge on any atom is 0.418 e. The maximum absolute atomic E-state index is 13.5. The van der Waals surface area contributed by atoms with Crippen LogP contribution in [0.4, 0.5) is 23.2 Å². The van der Waals surface area contributed by atoms with E-state index in [0.29, 0.717) is 5.56 Å². The second kappa shape index (κ2) is 6.69. The summed E-state index contributed by atoms with van der Waals surface area (Å²) in [6.45, 7) is 0. The number of amides is 1. The van der Waals surface area contributed by atoms with Crippen LogP contribution in [-0.2, 0) is 11.0 Å². The summed E-state index contributed by atoms with van der Waals surface area (Å²) < 4.78 is 53.2. The third-order valence-corrected chi connectivity index (χ3v) is 4.17. The van der Waals surface area contributed by atoms with Gasteiger partial charge in [0.05, 0.1) is 16.3 Å². The van der Waals surface area contributed by atoms with E-state index < -0.39 is 23.5 Å². The standard InChI is InChI=1S/C17H9ClF4N2OS/c18-11-6-5-9(7-12(11)19)8-13-15(25)24(16(26)23-13)14-4-2-1-3-10(14)17(20,21)22/h1-8H,(H,23,26)/b13-8+. The Kier molecular flexibility index (Phi) is 4.72. The summed E-state index contributed by atoms with van der Waals surface area (Å²) >= 11 is 10.6. The molecule has 3 rings (SSSR count). The van der Waals surface area contributed by atoms with Crippen LogP contribution in [-0.4, -0.2) is 11.0 Å². The number of nitrogens with one attached hydrogen (secondary N) is 1. The van der Waals surface area contributed by atoms with Gasteiger partial charge in [0.1, 0.15) is 11.5 Å². The molecule has 1 saturated heterocycles. The van der Waals surface area contributed by atoms with Gasteiger partial charge >= 0.3 is 6.18 Å². The Morgan fingerprint density at radius 3 is 2.50 bits per heavy atom. The molecule has 0 aliphatic carbocycles. The average Bonchev–Trinajstić information content (AvgIpc) is 2.84. The lowest BCUT2D eigenvalue weighted by Crippen LogP contribution is -2.32. The zero-order valence-electron chi connectivity index (χ0n) is 12.8. The minimum absolute atomic E-state index is 0.0753. The molecule has 0 radical (unpaired) electrons. The lowest BCUT2D eigenvalue weighted by atomic mass is 10.1. The molecule has 1 fully saturated rings. The summed E-state index contributed by atoms with van der Waals surface area (Å²) in [5.74, 6) is -1.46. The molecule has 2 aromatic carbocycles. The van der Waals surface area contributed by atoms with Crippen LogP contribution in [0.5, 0.6) is 0 Å². The van der Waals surface area contributed by atoms with Crippen molar-refractivity contribution in [2.75, 3.05) is 4.90 Å². The van der Waals surface area contributed by atoms with E-state index in [0.717, 1.165) is 23.1 Å². The Morgan fingerprint density at radius 1 is 1.15 bits per heavy atom. The molecule has 0 unspecified atom stereocenters. The molecule has 3 nitrogen and oxygen atoms in total. The van der Waals surface area contributed by atoms with Crippen LogP contribution in [0.3, 0.4) is 0 Å². The molecule has 1 aliphatic rings. The predicted octanol–water partition coefficient (Wildman–Crippen LogP) is 4.76. The minimum Gasteiger partial charge on any atom is -0.327 e. The highest BCUT2D eigenvalue weighted by Gasteiger charge is 2.40. The Hall–Kier alpha value is -2.45. The molecule has 1 N–H and O–H groups in total. The van der Waals surface area contributed by atoms with Crippen molar-refractivity contribution in [1.29, 1.82) is 0 Å². The van der Waals surface area contributed by atoms with E-state index in [1.165, 1.54) is 30.3 Å². The third kappa shape index (κ3) is 3.42. The highest BCUT2D eigenvalue weighted by molar-refractivity contribution is 7.80. The fourth-order valence-electron chi connectivity index (χ4n) is 2.43. The lowest BCUT2D eigenvalue weighted by molar-refractivity contribution is -0.137. The number of halogens is 5. The topological polar surface area (TPSA) is 32.3 Å². The van der Waals surface area contributed by atoms with E-state index in [1.54, 1.807) is 0 Å². The molecule has 1 heterocycles. The van der Waals surface area contributed by atoms with E-state index in [1.807, 2.05) is 0 Å². The van der Waals surface area contributed by atoms with E-state index in [9.17, 15) is 22.4 Å². The van der Waals surface area contributed by atoms with E-state index in [-0.39, 0.29) is 21.5 Å².